The van der Waals surface area contributed by atoms with Gasteiger partial charge >= 0.3 is 0 Å². The van der Waals surface area contributed by atoms with Crippen LogP contribution >= 0.6 is 34.5 Å². The summed E-state index contributed by atoms with van der Waals surface area (Å²) >= 11 is 13.1. The van der Waals surface area contributed by atoms with Crippen molar-refractivity contribution in [3.63, 3.8) is 0 Å². The third-order valence-corrected chi connectivity index (χ3v) is 4.25. The van der Waals surface area contributed by atoms with Crippen LogP contribution in [0.3, 0.4) is 0 Å². The minimum absolute atomic E-state index is 0.0794. The van der Waals surface area contributed by atoms with Crippen LogP contribution in [0.2, 0.25) is 8.67 Å². The minimum atomic E-state index is -0.0794. The second-order valence-electron chi connectivity index (χ2n) is 4.86. The molecule has 1 aromatic heterocycles. The molecule has 1 heterocycles. The molecular weight excluding hydrogens is 299 g/mol. The highest BCUT2D eigenvalue weighted by Crippen LogP contribution is 2.32. The van der Waals surface area contributed by atoms with Crippen molar-refractivity contribution in [1.29, 1.82) is 0 Å². The van der Waals surface area contributed by atoms with Gasteiger partial charge in [-0.15, -0.1) is 11.3 Å². The maximum absolute atomic E-state index is 12.3. The molecule has 19 heavy (non-hydrogen) atoms. The summed E-state index contributed by atoms with van der Waals surface area (Å²) in [6, 6.07) is 9.31. The van der Waals surface area contributed by atoms with E-state index in [4.69, 9.17) is 23.2 Å². The molecule has 100 valence electrons. The second-order valence-corrected chi connectivity index (χ2v) is 7.15. The Balaban J connectivity index is 2.22. The molecule has 0 N–H and O–H groups in total. The molecule has 0 unspecified atom stereocenters. The number of ketones is 1. The van der Waals surface area contributed by atoms with Crippen LogP contribution in [0, 0.1) is 5.92 Å². The number of benzene rings is 1. The second kappa shape index (κ2) is 6.08. The van der Waals surface area contributed by atoms with Gasteiger partial charge in [-0.25, -0.2) is 0 Å². The largest absolute Gasteiger partial charge is 0.289 e. The van der Waals surface area contributed by atoms with E-state index in [-0.39, 0.29) is 5.78 Å². The maximum Gasteiger partial charge on any atom is 0.195 e. The Bertz CT molecular complexity index is 585. The van der Waals surface area contributed by atoms with Gasteiger partial charge in [0.05, 0.1) is 9.90 Å². The zero-order valence-electron chi connectivity index (χ0n) is 10.7. The van der Waals surface area contributed by atoms with Crippen LogP contribution in [0.15, 0.2) is 30.3 Å². The molecule has 0 saturated heterocycles. The SMILES string of the molecule is CC(C)Cc1ccc(C(=O)c2cc(Cl)sc2Cl)cc1. The first-order valence-electron chi connectivity index (χ1n) is 6.06. The summed E-state index contributed by atoms with van der Waals surface area (Å²) in [5.74, 6) is 0.524. The minimum Gasteiger partial charge on any atom is -0.289 e. The van der Waals surface area contributed by atoms with Gasteiger partial charge in [0, 0.05) is 5.56 Å². The molecule has 0 aliphatic rings. The Morgan fingerprint density at radius 2 is 1.84 bits per heavy atom. The summed E-state index contributed by atoms with van der Waals surface area (Å²) in [4.78, 5) is 12.3. The van der Waals surface area contributed by atoms with Crippen molar-refractivity contribution < 1.29 is 4.79 Å². The van der Waals surface area contributed by atoms with Crippen molar-refractivity contribution in [3.05, 3.63) is 55.7 Å². The Morgan fingerprint density at radius 1 is 1.21 bits per heavy atom. The number of thiophene rings is 1. The van der Waals surface area contributed by atoms with Crippen LogP contribution < -0.4 is 0 Å². The lowest BCUT2D eigenvalue weighted by molar-refractivity contribution is 0.103. The Labute approximate surface area is 127 Å². The zero-order valence-corrected chi connectivity index (χ0v) is 13.1. The van der Waals surface area contributed by atoms with E-state index in [1.807, 2.05) is 24.3 Å². The van der Waals surface area contributed by atoms with Gasteiger partial charge in [-0.2, -0.15) is 0 Å². The third-order valence-electron chi connectivity index (χ3n) is 2.76. The van der Waals surface area contributed by atoms with E-state index in [2.05, 4.69) is 13.8 Å². The molecule has 0 spiro atoms. The summed E-state index contributed by atoms with van der Waals surface area (Å²) < 4.78 is 0.978. The summed E-state index contributed by atoms with van der Waals surface area (Å²) in [6.45, 7) is 4.35. The normalized spacial score (nSPS) is 11.0. The number of hydrogen-bond donors (Lipinski definition) is 0. The molecule has 2 rings (SSSR count). The molecule has 0 fully saturated rings. The standard InChI is InChI=1S/C15H14Cl2OS/c1-9(2)7-10-3-5-11(6-4-10)14(18)12-8-13(16)19-15(12)17/h3-6,8-9H,7H2,1-2H3. The molecule has 0 aliphatic carbocycles. The van der Waals surface area contributed by atoms with Crippen molar-refractivity contribution >= 4 is 40.3 Å². The van der Waals surface area contributed by atoms with Crippen LogP contribution in [0.1, 0.15) is 35.3 Å². The summed E-state index contributed by atoms with van der Waals surface area (Å²) in [5, 5.41) is 0. The molecule has 2 aromatic rings. The van der Waals surface area contributed by atoms with Crippen LogP contribution in [0.5, 0.6) is 0 Å². The topological polar surface area (TPSA) is 17.1 Å². The average molecular weight is 313 g/mol. The van der Waals surface area contributed by atoms with Gasteiger partial charge in [-0.05, 0) is 24.0 Å². The first kappa shape index (κ1) is 14.6. The predicted molar refractivity (Wildman–Crippen MR) is 82.8 cm³/mol. The highest BCUT2D eigenvalue weighted by Gasteiger charge is 2.16. The number of rotatable bonds is 4. The molecule has 0 aliphatic heterocycles. The highest BCUT2D eigenvalue weighted by atomic mass is 35.5. The lowest BCUT2D eigenvalue weighted by atomic mass is 9.99. The van der Waals surface area contributed by atoms with Crippen LogP contribution in [-0.2, 0) is 6.42 Å². The van der Waals surface area contributed by atoms with E-state index in [0.717, 1.165) is 6.42 Å². The zero-order chi connectivity index (χ0) is 14.0. The van der Waals surface area contributed by atoms with Crippen molar-refractivity contribution in [3.8, 4) is 0 Å². The van der Waals surface area contributed by atoms with Crippen LogP contribution in [0.4, 0.5) is 0 Å². The van der Waals surface area contributed by atoms with E-state index in [0.29, 0.717) is 25.7 Å². The van der Waals surface area contributed by atoms with Crippen molar-refractivity contribution in [2.45, 2.75) is 20.3 Å². The van der Waals surface area contributed by atoms with Crippen LogP contribution in [-0.4, -0.2) is 5.78 Å². The predicted octanol–water partition coefficient (Wildman–Crippen LogP) is 5.48. The van der Waals surface area contributed by atoms with Gasteiger partial charge in [0.1, 0.15) is 4.34 Å². The van der Waals surface area contributed by atoms with Gasteiger partial charge in [0.25, 0.3) is 0 Å². The lowest BCUT2D eigenvalue weighted by Crippen LogP contribution is -2.01. The van der Waals surface area contributed by atoms with Crippen molar-refractivity contribution in [1.82, 2.24) is 0 Å². The van der Waals surface area contributed by atoms with Gasteiger partial charge in [0.2, 0.25) is 0 Å². The number of carbonyl (C=O) groups excluding carboxylic acids is 1. The van der Waals surface area contributed by atoms with Gasteiger partial charge in [-0.1, -0.05) is 61.3 Å². The Morgan fingerprint density at radius 3 is 2.32 bits per heavy atom. The van der Waals surface area contributed by atoms with E-state index in [1.54, 1.807) is 6.07 Å². The number of carbonyl (C=O) groups is 1. The fourth-order valence-electron chi connectivity index (χ4n) is 1.91. The molecule has 0 bridgehead atoms. The number of halogens is 2. The van der Waals surface area contributed by atoms with Crippen molar-refractivity contribution in [2.75, 3.05) is 0 Å². The van der Waals surface area contributed by atoms with E-state index in [9.17, 15) is 4.79 Å². The summed E-state index contributed by atoms with van der Waals surface area (Å²) in [7, 11) is 0. The number of hydrogen-bond acceptors (Lipinski definition) is 2. The molecular formula is C15H14Cl2OS. The average Bonchev–Trinajstić information content (AvgIpc) is 2.68. The molecule has 0 atom stereocenters. The van der Waals surface area contributed by atoms with Gasteiger partial charge in [0.15, 0.2) is 5.78 Å². The monoisotopic (exact) mass is 312 g/mol. The van der Waals surface area contributed by atoms with Gasteiger partial charge in [-0.3, -0.25) is 4.79 Å². The molecule has 0 amide bonds. The fraction of sp³-hybridized carbons (Fsp3) is 0.267. The summed E-state index contributed by atoms with van der Waals surface area (Å²) in [5.41, 5.74) is 2.36. The van der Waals surface area contributed by atoms with Crippen LogP contribution in [0.25, 0.3) is 0 Å². The highest BCUT2D eigenvalue weighted by molar-refractivity contribution is 7.20. The molecule has 1 nitrogen and oxygen atoms in total. The Kier molecular flexibility index (Phi) is 4.67. The third kappa shape index (κ3) is 3.59. The Hall–Kier alpha value is -0.830. The van der Waals surface area contributed by atoms with E-state index >= 15 is 0 Å². The quantitative estimate of drug-likeness (QED) is 0.683. The molecule has 4 heteroatoms. The molecule has 0 radical (unpaired) electrons. The first-order valence-corrected chi connectivity index (χ1v) is 7.63. The van der Waals surface area contributed by atoms with E-state index < -0.39 is 0 Å². The summed E-state index contributed by atoms with van der Waals surface area (Å²) in [6.07, 6.45) is 1.01. The van der Waals surface area contributed by atoms with Gasteiger partial charge < -0.3 is 0 Å². The molecule has 1 aromatic carbocycles. The lowest BCUT2D eigenvalue weighted by Gasteiger charge is -2.05. The maximum atomic E-state index is 12.3. The smallest absolute Gasteiger partial charge is 0.195 e. The fourth-order valence-corrected chi connectivity index (χ4v) is 3.37. The van der Waals surface area contributed by atoms with Crippen molar-refractivity contribution in [2.24, 2.45) is 5.92 Å². The first-order chi connectivity index (χ1) is 8.97. The molecule has 0 saturated carbocycles. The van der Waals surface area contributed by atoms with E-state index in [1.165, 1.54) is 16.9 Å².